The van der Waals surface area contributed by atoms with E-state index in [1.54, 1.807) is 18.2 Å². The summed E-state index contributed by atoms with van der Waals surface area (Å²) >= 11 is 9.36. The summed E-state index contributed by atoms with van der Waals surface area (Å²) in [5.74, 6) is -1.82. The lowest BCUT2D eigenvalue weighted by molar-refractivity contribution is 0.506. The lowest BCUT2D eigenvalue weighted by atomic mass is 9.99. The van der Waals surface area contributed by atoms with E-state index in [-0.39, 0.29) is 0 Å². The highest BCUT2D eigenvalue weighted by molar-refractivity contribution is 9.10. The lowest BCUT2D eigenvalue weighted by Gasteiger charge is -2.14. The standard InChI is InChI=1S/C13H9BrClF2N/c14-8-2-3-9(10(15)6-8)13(18)7-1-4-11(16)12(17)5-7/h1-6,13H,18H2. The predicted octanol–water partition coefficient (Wildman–Crippen LogP) is 4.43. The fourth-order valence-electron chi connectivity index (χ4n) is 1.64. The van der Waals surface area contributed by atoms with Crippen molar-refractivity contribution in [1.29, 1.82) is 0 Å². The van der Waals surface area contributed by atoms with Gasteiger partial charge in [-0.2, -0.15) is 0 Å². The molecule has 0 spiro atoms. The van der Waals surface area contributed by atoms with Crippen molar-refractivity contribution >= 4 is 27.5 Å². The zero-order chi connectivity index (χ0) is 13.3. The van der Waals surface area contributed by atoms with Crippen molar-refractivity contribution in [3.8, 4) is 0 Å². The van der Waals surface area contributed by atoms with Gasteiger partial charge >= 0.3 is 0 Å². The van der Waals surface area contributed by atoms with E-state index in [0.717, 1.165) is 16.6 Å². The average Bonchev–Trinajstić information content (AvgIpc) is 2.32. The normalized spacial score (nSPS) is 12.5. The summed E-state index contributed by atoms with van der Waals surface area (Å²) in [5.41, 5.74) is 7.13. The Morgan fingerprint density at radius 3 is 2.39 bits per heavy atom. The van der Waals surface area contributed by atoms with Crippen molar-refractivity contribution in [2.24, 2.45) is 5.73 Å². The van der Waals surface area contributed by atoms with Gasteiger partial charge in [0.25, 0.3) is 0 Å². The molecule has 0 radical (unpaired) electrons. The molecule has 94 valence electrons. The zero-order valence-electron chi connectivity index (χ0n) is 9.13. The van der Waals surface area contributed by atoms with Crippen LogP contribution < -0.4 is 5.73 Å². The third kappa shape index (κ3) is 2.71. The van der Waals surface area contributed by atoms with Gasteiger partial charge in [0.05, 0.1) is 6.04 Å². The van der Waals surface area contributed by atoms with Gasteiger partial charge < -0.3 is 5.73 Å². The maximum Gasteiger partial charge on any atom is 0.159 e. The van der Waals surface area contributed by atoms with Crippen LogP contribution in [0.5, 0.6) is 0 Å². The van der Waals surface area contributed by atoms with Crippen molar-refractivity contribution in [3.05, 3.63) is 68.7 Å². The van der Waals surface area contributed by atoms with Crippen LogP contribution in [0.15, 0.2) is 40.9 Å². The van der Waals surface area contributed by atoms with Crippen molar-refractivity contribution in [3.63, 3.8) is 0 Å². The molecule has 2 aromatic rings. The van der Waals surface area contributed by atoms with E-state index in [0.29, 0.717) is 16.1 Å². The van der Waals surface area contributed by atoms with Crippen LogP contribution in [0.2, 0.25) is 5.02 Å². The highest BCUT2D eigenvalue weighted by Crippen LogP contribution is 2.29. The number of nitrogens with two attached hydrogens (primary N) is 1. The minimum Gasteiger partial charge on any atom is -0.320 e. The first-order valence-corrected chi connectivity index (χ1v) is 6.31. The van der Waals surface area contributed by atoms with E-state index in [2.05, 4.69) is 15.9 Å². The summed E-state index contributed by atoms with van der Waals surface area (Å²) < 4.78 is 26.8. The fourth-order valence-corrected chi connectivity index (χ4v) is 2.43. The predicted molar refractivity (Wildman–Crippen MR) is 71.5 cm³/mol. The smallest absolute Gasteiger partial charge is 0.159 e. The molecular weight excluding hydrogens is 324 g/mol. The average molecular weight is 333 g/mol. The molecule has 0 heterocycles. The van der Waals surface area contributed by atoms with Gasteiger partial charge in [-0.3, -0.25) is 0 Å². The third-order valence-corrected chi connectivity index (χ3v) is 3.42. The number of halogens is 4. The molecule has 2 N–H and O–H groups in total. The zero-order valence-corrected chi connectivity index (χ0v) is 11.5. The van der Waals surface area contributed by atoms with E-state index in [1.165, 1.54) is 6.07 Å². The molecule has 18 heavy (non-hydrogen) atoms. The number of rotatable bonds is 2. The second-order valence-corrected chi connectivity index (χ2v) is 5.14. The first-order valence-electron chi connectivity index (χ1n) is 5.14. The summed E-state index contributed by atoms with van der Waals surface area (Å²) in [5, 5.41) is 0.474. The van der Waals surface area contributed by atoms with Crippen LogP contribution in [0, 0.1) is 11.6 Å². The van der Waals surface area contributed by atoms with Crippen LogP contribution in [0.1, 0.15) is 17.2 Å². The largest absolute Gasteiger partial charge is 0.320 e. The molecule has 0 aliphatic heterocycles. The molecule has 0 saturated carbocycles. The molecule has 0 aliphatic carbocycles. The molecule has 1 unspecified atom stereocenters. The molecule has 0 fully saturated rings. The Labute approximate surface area is 117 Å². The van der Waals surface area contributed by atoms with Crippen LogP contribution in [-0.2, 0) is 0 Å². The van der Waals surface area contributed by atoms with Crippen molar-refractivity contribution in [2.45, 2.75) is 6.04 Å². The van der Waals surface area contributed by atoms with Crippen molar-refractivity contribution < 1.29 is 8.78 Å². The SMILES string of the molecule is NC(c1ccc(F)c(F)c1)c1ccc(Br)cc1Cl. The van der Waals surface area contributed by atoms with Crippen LogP contribution >= 0.6 is 27.5 Å². The minimum absolute atomic E-state index is 0.470. The lowest BCUT2D eigenvalue weighted by Crippen LogP contribution is -2.12. The van der Waals surface area contributed by atoms with Gasteiger partial charge in [0, 0.05) is 9.50 Å². The van der Waals surface area contributed by atoms with Gasteiger partial charge in [0.1, 0.15) is 0 Å². The van der Waals surface area contributed by atoms with Gasteiger partial charge in [-0.05, 0) is 35.4 Å². The molecule has 1 atom stereocenters. The van der Waals surface area contributed by atoms with E-state index in [4.69, 9.17) is 17.3 Å². The Bertz CT molecular complexity index is 589. The van der Waals surface area contributed by atoms with Crippen molar-refractivity contribution in [1.82, 2.24) is 0 Å². The quantitative estimate of drug-likeness (QED) is 0.865. The van der Waals surface area contributed by atoms with Crippen LogP contribution in [0.3, 0.4) is 0 Å². The second-order valence-electron chi connectivity index (χ2n) is 3.82. The Balaban J connectivity index is 2.41. The third-order valence-electron chi connectivity index (χ3n) is 2.60. The van der Waals surface area contributed by atoms with Gasteiger partial charge in [-0.1, -0.05) is 39.7 Å². The monoisotopic (exact) mass is 331 g/mol. The fraction of sp³-hybridized carbons (Fsp3) is 0.0769. The van der Waals surface area contributed by atoms with Gasteiger partial charge in [0.15, 0.2) is 11.6 Å². The van der Waals surface area contributed by atoms with Gasteiger partial charge in [0.2, 0.25) is 0 Å². The molecule has 0 amide bonds. The highest BCUT2D eigenvalue weighted by atomic mass is 79.9. The maximum atomic E-state index is 13.1. The van der Waals surface area contributed by atoms with E-state index < -0.39 is 17.7 Å². The number of benzene rings is 2. The summed E-state index contributed by atoms with van der Waals surface area (Å²) in [6, 6.07) is 8.23. The second kappa shape index (κ2) is 5.34. The first-order chi connectivity index (χ1) is 8.49. The molecule has 2 rings (SSSR count). The summed E-state index contributed by atoms with van der Waals surface area (Å²) in [7, 11) is 0. The molecule has 0 bridgehead atoms. The minimum atomic E-state index is -0.920. The van der Waals surface area contributed by atoms with E-state index in [9.17, 15) is 8.78 Å². The van der Waals surface area contributed by atoms with Gasteiger partial charge in [-0.15, -0.1) is 0 Å². The molecule has 0 saturated heterocycles. The van der Waals surface area contributed by atoms with Crippen LogP contribution in [-0.4, -0.2) is 0 Å². The Kier molecular flexibility index (Phi) is 4.00. The number of hydrogen-bond acceptors (Lipinski definition) is 1. The summed E-state index contributed by atoms with van der Waals surface area (Å²) in [6.07, 6.45) is 0. The molecule has 2 aromatic carbocycles. The maximum absolute atomic E-state index is 13.1. The molecule has 1 nitrogen and oxygen atoms in total. The number of hydrogen-bond donors (Lipinski definition) is 1. The summed E-state index contributed by atoms with van der Waals surface area (Å²) in [4.78, 5) is 0. The Hall–Kier alpha value is -0.970. The van der Waals surface area contributed by atoms with Crippen molar-refractivity contribution in [2.75, 3.05) is 0 Å². The molecule has 0 aromatic heterocycles. The molecular formula is C13H9BrClF2N. The molecule has 0 aliphatic rings. The highest BCUT2D eigenvalue weighted by Gasteiger charge is 2.14. The Morgan fingerprint density at radius 1 is 1.06 bits per heavy atom. The van der Waals surface area contributed by atoms with Crippen LogP contribution in [0.4, 0.5) is 8.78 Å². The van der Waals surface area contributed by atoms with E-state index >= 15 is 0 Å². The summed E-state index contributed by atoms with van der Waals surface area (Å²) in [6.45, 7) is 0. The topological polar surface area (TPSA) is 26.0 Å². The van der Waals surface area contributed by atoms with Gasteiger partial charge in [-0.25, -0.2) is 8.78 Å². The van der Waals surface area contributed by atoms with Crippen LogP contribution in [0.25, 0.3) is 0 Å². The molecule has 5 heteroatoms. The Morgan fingerprint density at radius 2 is 1.78 bits per heavy atom. The van der Waals surface area contributed by atoms with E-state index in [1.807, 2.05) is 0 Å². The first kappa shape index (κ1) is 13.5.